The fourth-order valence-corrected chi connectivity index (χ4v) is 2.22. The highest BCUT2D eigenvalue weighted by atomic mass is 16.5. The number of nitriles is 1. The fourth-order valence-electron chi connectivity index (χ4n) is 2.22. The maximum atomic E-state index is 11.4. The van der Waals surface area contributed by atoms with E-state index in [9.17, 15) is 4.79 Å². The standard InChI is InChI=1S/C10H12N2O2/c1-14-10(13)12-6-7-2-3-9(12)8(4-7)5-11/h2-3,7-9H,4,6H2,1H3. The van der Waals surface area contributed by atoms with Gasteiger partial charge in [-0.15, -0.1) is 0 Å². The van der Waals surface area contributed by atoms with E-state index in [4.69, 9.17) is 5.26 Å². The second kappa shape index (κ2) is 3.33. The van der Waals surface area contributed by atoms with Crippen LogP contribution < -0.4 is 0 Å². The van der Waals surface area contributed by atoms with Crippen molar-refractivity contribution >= 4 is 6.09 Å². The molecule has 0 aromatic carbocycles. The summed E-state index contributed by atoms with van der Waals surface area (Å²) < 4.78 is 4.68. The van der Waals surface area contributed by atoms with Crippen LogP contribution >= 0.6 is 0 Å². The molecule has 74 valence electrons. The zero-order valence-electron chi connectivity index (χ0n) is 8.01. The first-order chi connectivity index (χ1) is 6.76. The third-order valence-corrected chi connectivity index (χ3v) is 2.92. The normalized spacial score (nSPS) is 34.0. The minimum absolute atomic E-state index is 0.0714. The largest absolute Gasteiger partial charge is 0.453 e. The van der Waals surface area contributed by atoms with Crippen molar-refractivity contribution in [2.24, 2.45) is 11.8 Å². The lowest BCUT2D eigenvalue weighted by Gasteiger charge is -2.42. The molecular formula is C10H12N2O2. The van der Waals surface area contributed by atoms with Crippen molar-refractivity contribution in [3.05, 3.63) is 12.2 Å². The van der Waals surface area contributed by atoms with Gasteiger partial charge in [0.2, 0.25) is 0 Å². The Morgan fingerprint density at radius 1 is 1.64 bits per heavy atom. The molecule has 1 amide bonds. The van der Waals surface area contributed by atoms with E-state index in [0.29, 0.717) is 12.5 Å². The van der Waals surface area contributed by atoms with Gasteiger partial charge >= 0.3 is 6.09 Å². The molecule has 0 aromatic rings. The van der Waals surface area contributed by atoms with Gasteiger partial charge in [-0.05, 0) is 12.3 Å². The molecule has 2 heterocycles. The van der Waals surface area contributed by atoms with Crippen LogP contribution in [0.5, 0.6) is 0 Å². The summed E-state index contributed by atoms with van der Waals surface area (Å²) in [6.07, 6.45) is 4.58. The van der Waals surface area contributed by atoms with Crippen LogP contribution in [0.25, 0.3) is 0 Å². The number of nitrogens with zero attached hydrogens (tertiary/aromatic N) is 2. The monoisotopic (exact) mass is 192 g/mol. The topological polar surface area (TPSA) is 53.3 Å². The van der Waals surface area contributed by atoms with Crippen molar-refractivity contribution in [1.82, 2.24) is 4.90 Å². The lowest BCUT2D eigenvalue weighted by molar-refractivity contribution is 0.0731. The Morgan fingerprint density at radius 3 is 3.00 bits per heavy atom. The SMILES string of the molecule is COC(=O)N1CC2C=CC1C(C#N)C2. The van der Waals surface area contributed by atoms with Gasteiger partial charge in [0.1, 0.15) is 0 Å². The number of hydrogen-bond acceptors (Lipinski definition) is 3. The number of ether oxygens (including phenoxy) is 1. The van der Waals surface area contributed by atoms with E-state index in [1.807, 2.05) is 6.08 Å². The van der Waals surface area contributed by atoms with Gasteiger partial charge in [0.15, 0.2) is 0 Å². The maximum absolute atomic E-state index is 11.4. The maximum Gasteiger partial charge on any atom is 0.410 e. The predicted molar refractivity (Wildman–Crippen MR) is 49.2 cm³/mol. The van der Waals surface area contributed by atoms with Gasteiger partial charge in [-0.1, -0.05) is 12.2 Å². The highest BCUT2D eigenvalue weighted by molar-refractivity contribution is 5.69. The molecule has 3 rings (SSSR count). The van der Waals surface area contributed by atoms with Crippen LogP contribution in [0.1, 0.15) is 6.42 Å². The van der Waals surface area contributed by atoms with Crippen molar-refractivity contribution in [3.63, 3.8) is 0 Å². The second-order valence-corrected chi connectivity index (χ2v) is 3.73. The van der Waals surface area contributed by atoms with E-state index >= 15 is 0 Å². The van der Waals surface area contributed by atoms with E-state index in [1.165, 1.54) is 7.11 Å². The molecule has 4 nitrogen and oxygen atoms in total. The van der Waals surface area contributed by atoms with Gasteiger partial charge in [-0.25, -0.2) is 4.79 Å². The van der Waals surface area contributed by atoms with E-state index in [0.717, 1.165) is 6.42 Å². The molecule has 0 radical (unpaired) electrons. The van der Waals surface area contributed by atoms with Gasteiger partial charge in [0.25, 0.3) is 0 Å². The molecule has 2 aliphatic heterocycles. The van der Waals surface area contributed by atoms with Crippen LogP contribution in [0.4, 0.5) is 4.79 Å². The van der Waals surface area contributed by atoms with Gasteiger partial charge in [-0.3, -0.25) is 4.90 Å². The molecule has 0 spiro atoms. The Bertz CT molecular complexity index is 319. The predicted octanol–water partition coefficient (Wildman–Crippen LogP) is 1.15. The highest BCUT2D eigenvalue weighted by Gasteiger charge is 2.40. The number of hydrogen-bond donors (Lipinski definition) is 0. The van der Waals surface area contributed by atoms with Crippen LogP contribution in [-0.2, 0) is 4.74 Å². The van der Waals surface area contributed by atoms with Crippen molar-refractivity contribution in [2.45, 2.75) is 12.5 Å². The molecule has 3 unspecified atom stereocenters. The zero-order valence-corrected chi connectivity index (χ0v) is 8.01. The van der Waals surface area contributed by atoms with Crippen LogP contribution in [0.3, 0.4) is 0 Å². The molecule has 0 aromatic heterocycles. The summed E-state index contributed by atoms with van der Waals surface area (Å²) in [5, 5.41) is 8.92. The molecule has 1 fully saturated rings. The first-order valence-electron chi connectivity index (χ1n) is 4.68. The fraction of sp³-hybridized carbons (Fsp3) is 0.600. The summed E-state index contributed by atoms with van der Waals surface area (Å²) in [4.78, 5) is 13.0. The average Bonchev–Trinajstić information content (AvgIpc) is 2.28. The Morgan fingerprint density at radius 2 is 2.43 bits per heavy atom. The van der Waals surface area contributed by atoms with Crippen molar-refractivity contribution in [1.29, 1.82) is 5.26 Å². The third-order valence-electron chi connectivity index (χ3n) is 2.92. The van der Waals surface area contributed by atoms with E-state index in [-0.39, 0.29) is 18.1 Å². The molecule has 1 aliphatic carbocycles. The lowest BCUT2D eigenvalue weighted by Crippen LogP contribution is -2.52. The van der Waals surface area contributed by atoms with Gasteiger partial charge < -0.3 is 4.74 Å². The van der Waals surface area contributed by atoms with Crippen molar-refractivity contribution in [3.8, 4) is 6.07 Å². The number of carbonyl (C=O) groups is 1. The van der Waals surface area contributed by atoms with Crippen LogP contribution in [0.15, 0.2) is 12.2 Å². The van der Waals surface area contributed by atoms with Crippen molar-refractivity contribution < 1.29 is 9.53 Å². The molecule has 3 atom stereocenters. The van der Waals surface area contributed by atoms with E-state index < -0.39 is 0 Å². The van der Waals surface area contributed by atoms with Crippen LogP contribution in [-0.4, -0.2) is 30.7 Å². The van der Waals surface area contributed by atoms with Crippen LogP contribution in [0, 0.1) is 23.2 Å². The Balaban J connectivity index is 2.21. The average molecular weight is 192 g/mol. The summed E-state index contributed by atoms with van der Waals surface area (Å²) in [6.45, 7) is 0.687. The molecule has 3 aliphatic rings. The van der Waals surface area contributed by atoms with Gasteiger partial charge in [-0.2, -0.15) is 5.26 Å². The second-order valence-electron chi connectivity index (χ2n) is 3.73. The van der Waals surface area contributed by atoms with Gasteiger partial charge in [0.05, 0.1) is 25.1 Å². The van der Waals surface area contributed by atoms with Crippen LogP contribution in [0.2, 0.25) is 0 Å². The molecule has 1 saturated heterocycles. The minimum Gasteiger partial charge on any atom is -0.453 e. The zero-order chi connectivity index (χ0) is 10.1. The smallest absolute Gasteiger partial charge is 0.410 e. The lowest BCUT2D eigenvalue weighted by atomic mass is 9.78. The number of rotatable bonds is 0. The summed E-state index contributed by atoms with van der Waals surface area (Å²) >= 11 is 0. The third kappa shape index (κ3) is 1.25. The van der Waals surface area contributed by atoms with E-state index in [1.54, 1.807) is 4.90 Å². The van der Waals surface area contributed by atoms with E-state index in [2.05, 4.69) is 16.9 Å². The quantitative estimate of drug-likeness (QED) is 0.541. The number of carbonyl (C=O) groups excluding carboxylic acids is 1. The first-order valence-corrected chi connectivity index (χ1v) is 4.68. The molecule has 0 N–H and O–H groups in total. The first kappa shape index (κ1) is 9.07. The summed E-state index contributed by atoms with van der Waals surface area (Å²) in [6, 6.07) is 2.16. The molecule has 14 heavy (non-hydrogen) atoms. The molecular weight excluding hydrogens is 180 g/mol. The molecule has 0 saturated carbocycles. The Labute approximate surface area is 82.7 Å². The highest BCUT2D eigenvalue weighted by Crippen LogP contribution is 2.34. The number of piperidine rings is 1. The summed E-state index contributed by atoms with van der Waals surface area (Å²) in [5.41, 5.74) is 0. The molecule has 4 heteroatoms. The van der Waals surface area contributed by atoms with Gasteiger partial charge in [0, 0.05) is 6.54 Å². The minimum atomic E-state index is -0.329. The number of fused-ring (bicyclic) bond motifs is 2. The Kier molecular flexibility index (Phi) is 2.16. The summed E-state index contributed by atoms with van der Waals surface area (Å²) in [5.74, 6) is 0.251. The number of methoxy groups -OCH3 is 1. The summed E-state index contributed by atoms with van der Waals surface area (Å²) in [7, 11) is 1.37. The Hall–Kier alpha value is -1.50. The molecule has 2 bridgehead atoms. The number of amides is 1. The van der Waals surface area contributed by atoms with Crippen molar-refractivity contribution in [2.75, 3.05) is 13.7 Å².